The van der Waals surface area contributed by atoms with E-state index >= 15 is 0 Å². The standard InChI is InChI=1S/C12H19Cl3O4/c1-4-9(8(2)3)19-11(17)6-5-10(16)18-7-12(13,14)15/h8-9H,4-7H2,1-3H3. The Hall–Kier alpha value is -0.190. The van der Waals surface area contributed by atoms with Crippen LogP contribution in [0.25, 0.3) is 0 Å². The Balaban J connectivity index is 3.93. The third-order valence-electron chi connectivity index (χ3n) is 2.36. The second-order valence-corrected chi connectivity index (χ2v) is 6.97. The van der Waals surface area contributed by atoms with Crippen molar-refractivity contribution in [3.05, 3.63) is 0 Å². The number of rotatable bonds is 7. The number of ether oxygens (including phenoxy) is 2. The Morgan fingerprint density at radius 2 is 1.63 bits per heavy atom. The van der Waals surface area contributed by atoms with Crippen molar-refractivity contribution in [3.8, 4) is 0 Å². The van der Waals surface area contributed by atoms with Crippen molar-refractivity contribution in [2.75, 3.05) is 6.61 Å². The minimum absolute atomic E-state index is 0.0398. The van der Waals surface area contributed by atoms with Crippen LogP contribution in [0.5, 0.6) is 0 Å². The largest absolute Gasteiger partial charge is 0.462 e. The van der Waals surface area contributed by atoms with Crippen LogP contribution in [-0.2, 0) is 19.1 Å². The molecule has 4 nitrogen and oxygen atoms in total. The van der Waals surface area contributed by atoms with Crippen LogP contribution in [0.3, 0.4) is 0 Å². The number of esters is 2. The molecule has 0 bridgehead atoms. The van der Waals surface area contributed by atoms with Crippen molar-refractivity contribution in [1.82, 2.24) is 0 Å². The van der Waals surface area contributed by atoms with Crippen LogP contribution in [0.4, 0.5) is 0 Å². The van der Waals surface area contributed by atoms with Crippen LogP contribution in [0, 0.1) is 5.92 Å². The topological polar surface area (TPSA) is 52.6 Å². The molecule has 7 heteroatoms. The predicted octanol–water partition coefficient (Wildman–Crippen LogP) is 3.66. The maximum absolute atomic E-state index is 11.5. The van der Waals surface area contributed by atoms with E-state index in [4.69, 9.17) is 44.3 Å². The summed E-state index contributed by atoms with van der Waals surface area (Å²) in [4.78, 5) is 22.8. The molecule has 19 heavy (non-hydrogen) atoms. The van der Waals surface area contributed by atoms with Crippen molar-refractivity contribution < 1.29 is 19.1 Å². The number of hydrogen-bond acceptors (Lipinski definition) is 4. The van der Waals surface area contributed by atoms with Gasteiger partial charge in [-0.15, -0.1) is 0 Å². The second-order valence-electron chi connectivity index (χ2n) is 4.46. The van der Waals surface area contributed by atoms with Gasteiger partial charge in [0.05, 0.1) is 12.8 Å². The van der Waals surface area contributed by atoms with Gasteiger partial charge in [0.15, 0.2) is 0 Å². The second kappa shape index (κ2) is 8.88. The summed E-state index contributed by atoms with van der Waals surface area (Å²) < 4.78 is 8.29. The molecule has 0 aromatic heterocycles. The van der Waals surface area contributed by atoms with E-state index in [1.807, 2.05) is 20.8 Å². The fraction of sp³-hybridized carbons (Fsp3) is 0.833. The van der Waals surface area contributed by atoms with E-state index in [9.17, 15) is 9.59 Å². The number of hydrogen-bond donors (Lipinski definition) is 0. The molecule has 0 aliphatic heterocycles. The summed E-state index contributed by atoms with van der Waals surface area (Å²) in [5.41, 5.74) is 0. The van der Waals surface area contributed by atoms with Crippen molar-refractivity contribution >= 4 is 46.7 Å². The van der Waals surface area contributed by atoms with Crippen LogP contribution in [0.1, 0.15) is 40.0 Å². The summed E-state index contributed by atoms with van der Waals surface area (Å²) in [6.07, 6.45) is 0.474. The summed E-state index contributed by atoms with van der Waals surface area (Å²) in [6.45, 7) is 5.54. The Morgan fingerprint density at radius 1 is 1.11 bits per heavy atom. The molecule has 0 rings (SSSR count). The Bertz CT molecular complexity index is 300. The lowest BCUT2D eigenvalue weighted by molar-refractivity contribution is -0.155. The predicted molar refractivity (Wildman–Crippen MR) is 75.5 cm³/mol. The number of carbonyl (C=O) groups excluding carboxylic acids is 2. The van der Waals surface area contributed by atoms with E-state index in [0.717, 1.165) is 6.42 Å². The summed E-state index contributed by atoms with van der Waals surface area (Å²) in [5, 5.41) is 0. The molecule has 0 aromatic carbocycles. The quantitative estimate of drug-likeness (QED) is 0.527. The zero-order chi connectivity index (χ0) is 15.1. The first-order valence-corrected chi connectivity index (χ1v) is 7.21. The van der Waals surface area contributed by atoms with Crippen LogP contribution in [-0.4, -0.2) is 28.4 Å². The van der Waals surface area contributed by atoms with Crippen LogP contribution in [0.15, 0.2) is 0 Å². The van der Waals surface area contributed by atoms with Gasteiger partial charge in [-0.05, 0) is 12.3 Å². The van der Waals surface area contributed by atoms with Crippen molar-refractivity contribution in [3.63, 3.8) is 0 Å². The highest BCUT2D eigenvalue weighted by Gasteiger charge is 2.23. The highest BCUT2D eigenvalue weighted by molar-refractivity contribution is 6.67. The molecule has 0 radical (unpaired) electrons. The average molecular weight is 334 g/mol. The monoisotopic (exact) mass is 332 g/mol. The van der Waals surface area contributed by atoms with Gasteiger partial charge in [-0.25, -0.2) is 0 Å². The molecule has 0 fully saturated rings. The van der Waals surface area contributed by atoms with Crippen LogP contribution in [0.2, 0.25) is 0 Å². The Morgan fingerprint density at radius 3 is 2.05 bits per heavy atom. The number of alkyl halides is 3. The molecule has 0 aromatic rings. The minimum Gasteiger partial charge on any atom is -0.462 e. The maximum Gasteiger partial charge on any atom is 0.306 e. The van der Waals surface area contributed by atoms with Gasteiger partial charge in [-0.1, -0.05) is 55.6 Å². The highest BCUT2D eigenvalue weighted by Crippen LogP contribution is 2.26. The number of carbonyl (C=O) groups is 2. The lowest BCUT2D eigenvalue weighted by Gasteiger charge is -2.19. The third kappa shape index (κ3) is 10.3. The maximum atomic E-state index is 11.5. The van der Waals surface area contributed by atoms with Gasteiger partial charge in [0.25, 0.3) is 0 Å². The highest BCUT2D eigenvalue weighted by atomic mass is 35.6. The first-order chi connectivity index (χ1) is 8.65. The van der Waals surface area contributed by atoms with E-state index in [2.05, 4.69) is 0 Å². The summed E-state index contributed by atoms with van der Waals surface area (Å²) in [6, 6.07) is 0. The molecule has 0 aliphatic rings. The molecule has 0 heterocycles. The molecule has 1 atom stereocenters. The molecule has 0 aliphatic carbocycles. The summed E-state index contributed by atoms with van der Waals surface area (Å²) in [7, 11) is 0. The van der Waals surface area contributed by atoms with Gasteiger partial charge in [-0.2, -0.15) is 0 Å². The van der Waals surface area contributed by atoms with E-state index in [0.29, 0.717) is 0 Å². The number of halogens is 3. The zero-order valence-corrected chi connectivity index (χ0v) is 13.5. The van der Waals surface area contributed by atoms with Crippen LogP contribution >= 0.6 is 34.8 Å². The third-order valence-corrected chi connectivity index (χ3v) is 2.69. The lowest BCUT2D eigenvalue weighted by Crippen LogP contribution is -2.23. The first kappa shape index (κ1) is 18.8. The van der Waals surface area contributed by atoms with Gasteiger partial charge in [-0.3, -0.25) is 9.59 Å². The van der Waals surface area contributed by atoms with Crippen molar-refractivity contribution in [2.24, 2.45) is 5.92 Å². The van der Waals surface area contributed by atoms with E-state index in [1.54, 1.807) is 0 Å². The minimum atomic E-state index is -1.64. The SMILES string of the molecule is CCC(OC(=O)CCC(=O)OCC(Cl)(Cl)Cl)C(C)C. The average Bonchev–Trinajstić information content (AvgIpc) is 2.29. The molecule has 0 saturated carbocycles. The van der Waals surface area contributed by atoms with Gasteiger partial charge in [0.2, 0.25) is 3.79 Å². The zero-order valence-electron chi connectivity index (χ0n) is 11.3. The van der Waals surface area contributed by atoms with E-state index < -0.39 is 15.7 Å². The van der Waals surface area contributed by atoms with E-state index in [-0.39, 0.29) is 31.5 Å². The molecule has 0 spiro atoms. The van der Waals surface area contributed by atoms with Crippen molar-refractivity contribution in [1.29, 1.82) is 0 Å². The van der Waals surface area contributed by atoms with Crippen molar-refractivity contribution in [2.45, 2.75) is 49.9 Å². The molecule has 112 valence electrons. The van der Waals surface area contributed by atoms with Gasteiger partial charge in [0, 0.05) is 0 Å². The fourth-order valence-corrected chi connectivity index (χ4v) is 1.52. The van der Waals surface area contributed by atoms with Gasteiger partial charge in [0.1, 0.15) is 12.7 Å². The Kier molecular flexibility index (Phi) is 8.79. The summed E-state index contributed by atoms with van der Waals surface area (Å²) in [5.74, 6) is -0.780. The smallest absolute Gasteiger partial charge is 0.306 e. The van der Waals surface area contributed by atoms with Gasteiger partial charge < -0.3 is 9.47 Å². The van der Waals surface area contributed by atoms with E-state index in [1.165, 1.54) is 0 Å². The Labute approximate surface area is 128 Å². The summed E-state index contributed by atoms with van der Waals surface area (Å²) >= 11 is 16.3. The first-order valence-electron chi connectivity index (χ1n) is 6.07. The molecular weight excluding hydrogens is 314 g/mol. The fourth-order valence-electron chi connectivity index (χ4n) is 1.36. The molecular formula is C12H19Cl3O4. The molecule has 0 amide bonds. The van der Waals surface area contributed by atoms with Crippen LogP contribution < -0.4 is 0 Å². The molecule has 0 N–H and O–H groups in total. The lowest BCUT2D eigenvalue weighted by atomic mass is 10.1. The van der Waals surface area contributed by atoms with Gasteiger partial charge >= 0.3 is 11.9 Å². The molecule has 1 unspecified atom stereocenters. The normalized spacial score (nSPS) is 13.2. The molecule has 0 saturated heterocycles.